The Bertz CT molecular complexity index is 2230. The summed E-state index contributed by atoms with van der Waals surface area (Å²) in [6, 6.07) is 20.2. The van der Waals surface area contributed by atoms with Crippen LogP contribution in [0.25, 0.3) is 0 Å². The lowest BCUT2D eigenvalue weighted by molar-refractivity contribution is -0.940. The van der Waals surface area contributed by atoms with Crippen molar-refractivity contribution in [2.45, 2.75) is 123 Å². The predicted octanol–water partition coefficient (Wildman–Crippen LogP) is 5.02. The van der Waals surface area contributed by atoms with Gasteiger partial charge in [0.2, 0.25) is 17.7 Å². The van der Waals surface area contributed by atoms with E-state index in [1.807, 2.05) is 101 Å². The summed E-state index contributed by atoms with van der Waals surface area (Å²) in [6.45, 7) is 13.9. The first kappa shape index (κ1) is 53.9. The van der Waals surface area contributed by atoms with E-state index < -0.39 is 47.5 Å². The smallest absolute Gasteiger partial charge is 0.311 e. The zero-order valence-corrected chi connectivity index (χ0v) is 41.2. The molecule has 2 saturated heterocycles. The molecular weight excluding hydrogens is 879 g/mol. The maximum Gasteiger partial charge on any atom is 0.311 e. The number of quaternary nitrogens is 1. The standard InChI is InChI=1S/C54H71N5O10/c1-8-16-49(61)69-46-24-22-41(33-47(46)67-27-9-2)34-59(25-28-66-29-26-59)35-48(60)55-42(23-21-39-17-12-10-13-18-39)51(63)57-44(31-38(5)6)52(64)58-45(32-40-19-14-11-15-20-40)53(65)56-43(30-37(3)4)50(62)54(7)36-68-54/h2,10-15,17-20,22,24,33,37-38,42-45H,8,16,21,23,25-32,34-36H2,1,3-7H3,(H3-,55,56,57,58,60,63,64,65)/p+1/t42?,43?,44?,45?,54-/m1/s1. The third-order valence-electron chi connectivity index (χ3n) is 12.3. The number of carbonyl (C=O) groups is 6. The molecule has 69 heavy (non-hydrogen) atoms. The van der Waals surface area contributed by atoms with Gasteiger partial charge < -0.3 is 44.7 Å². The molecule has 2 aliphatic rings. The fourth-order valence-corrected chi connectivity index (χ4v) is 8.50. The number of rotatable bonds is 27. The van der Waals surface area contributed by atoms with Gasteiger partial charge in [-0.25, -0.2) is 0 Å². The monoisotopic (exact) mass is 951 g/mol. The quantitative estimate of drug-likeness (QED) is 0.0266. The summed E-state index contributed by atoms with van der Waals surface area (Å²) in [7, 11) is 0. The number of ether oxygens (including phenoxy) is 4. The number of carbonyl (C=O) groups excluding carboxylic acids is 6. The molecule has 5 rings (SSSR count). The number of epoxide rings is 1. The molecule has 3 aromatic rings. The number of amides is 4. The summed E-state index contributed by atoms with van der Waals surface area (Å²) >= 11 is 0. The van der Waals surface area contributed by atoms with E-state index in [4.69, 9.17) is 25.4 Å². The van der Waals surface area contributed by atoms with Gasteiger partial charge in [-0.1, -0.05) is 101 Å². The molecule has 0 saturated carbocycles. The van der Waals surface area contributed by atoms with Crippen molar-refractivity contribution in [2.24, 2.45) is 11.8 Å². The molecule has 0 aromatic heterocycles. The average molecular weight is 951 g/mol. The molecule has 0 aliphatic carbocycles. The van der Waals surface area contributed by atoms with Gasteiger partial charge >= 0.3 is 5.97 Å². The molecule has 5 atom stereocenters. The minimum atomic E-state index is -1.09. The van der Waals surface area contributed by atoms with Crippen LogP contribution in [0.2, 0.25) is 0 Å². The van der Waals surface area contributed by atoms with E-state index >= 15 is 0 Å². The van der Waals surface area contributed by atoms with Crippen LogP contribution in [-0.2, 0) is 57.6 Å². The molecular formula is C54H72N5O10+. The number of ketones is 1. The Morgan fingerprint density at radius 3 is 1.93 bits per heavy atom. The summed E-state index contributed by atoms with van der Waals surface area (Å²) in [5, 5.41) is 11.8. The number of benzene rings is 3. The number of hydrogen-bond acceptors (Lipinski definition) is 10. The van der Waals surface area contributed by atoms with Gasteiger partial charge in [0.05, 0.1) is 25.9 Å². The van der Waals surface area contributed by atoms with E-state index in [1.165, 1.54) is 0 Å². The first-order valence-corrected chi connectivity index (χ1v) is 24.3. The van der Waals surface area contributed by atoms with Crippen molar-refractivity contribution in [3.05, 3.63) is 95.6 Å². The summed E-state index contributed by atoms with van der Waals surface area (Å²) in [6.07, 6.45) is 7.83. The lowest BCUT2D eigenvalue weighted by Gasteiger charge is -2.41. The van der Waals surface area contributed by atoms with Gasteiger partial charge in [0.25, 0.3) is 5.91 Å². The van der Waals surface area contributed by atoms with Crippen molar-refractivity contribution < 1.29 is 52.2 Å². The van der Waals surface area contributed by atoms with Crippen LogP contribution in [-0.4, -0.2) is 116 Å². The average Bonchev–Trinajstić information content (AvgIpc) is 4.07. The lowest BCUT2D eigenvalue weighted by Crippen LogP contribution is -2.61. The summed E-state index contributed by atoms with van der Waals surface area (Å²) < 4.78 is 22.9. The zero-order valence-electron chi connectivity index (χ0n) is 41.2. The lowest BCUT2D eigenvalue weighted by atomic mass is 9.93. The molecule has 2 aliphatic heterocycles. The Kier molecular flexibility index (Phi) is 20.3. The number of nitrogens with one attached hydrogen (secondary N) is 4. The molecule has 4 N–H and O–H groups in total. The number of terminal acetylenes is 1. The molecule has 372 valence electrons. The number of aryl methyl sites for hydroxylation is 1. The second-order valence-electron chi connectivity index (χ2n) is 19.4. The third-order valence-corrected chi connectivity index (χ3v) is 12.3. The van der Waals surface area contributed by atoms with Crippen LogP contribution in [0.3, 0.4) is 0 Å². The van der Waals surface area contributed by atoms with Gasteiger partial charge in [-0.05, 0) is 80.2 Å². The maximum absolute atomic E-state index is 14.5. The molecule has 2 fully saturated rings. The van der Waals surface area contributed by atoms with E-state index in [0.29, 0.717) is 62.3 Å². The minimum absolute atomic E-state index is 0.0179. The van der Waals surface area contributed by atoms with Crippen molar-refractivity contribution in [3.8, 4) is 23.8 Å². The summed E-state index contributed by atoms with van der Waals surface area (Å²) in [5.74, 6) is 0.457. The van der Waals surface area contributed by atoms with E-state index in [9.17, 15) is 28.8 Å². The highest BCUT2D eigenvalue weighted by Gasteiger charge is 2.50. The fourth-order valence-electron chi connectivity index (χ4n) is 8.50. The Balaban J connectivity index is 1.36. The molecule has 15 heteroatoms. The maximum atomic E-state index is 14.5. The van der Waals surface area contributed by atoms with Crippen LogP contribution in [0.15, 0.2) is 78.9 Å². The van der Waals surface area contributed by atoms with Gasteiger partial charge in [-0.15, -0.1) is 6.42 Å². The topological polar surface area (TPSA) is 191 Å². The van der Waals surface area contributed by atoms with Crippen molar-refractivity contribution in [1.82, 2.24) is 21.3 Å². The Morgan fingerprint density at radius 1 is 0.739 bits per heavy atom. The molecule has 0 radical (unpaired) electrons. The number of hydrogen-bond donors (Lipinski definition) is 4. The number of nitrogens with zero attached hydrogens (tertiary/aromatic N) is 1. The number of Topliss-reactive ketones (excluding diaryl/α,β-unsaturated/α-hetero) is 1. The highest BCUT2D eigenvalue weighted by molar-refractivity contribution is 5.99. The first-order valence-electron chi connectivity index (χ1n) is 24.3. The van der Waals surface area contributed by atoms with Gasteiger partial charge in [0.1, 0.15) is 50.0 Å². The second kappa shape index (κ2) is 26.1. The van der Waals surface area contributed by atoms with E-state index in [1.54, 1.807) is 19.1 Å². The zero-order chi connectivity index (χ0) is 50.0. The number of morpholine rings is 1. The summed E-state index contributed by atoms with van der Waals surface area (Å²) in [5.41, 5.74) is 1.62. The fraction of sp³-hybridized carbons (Fsp3) is 0.519. The summed E-state index contributed by atoms with van der Waals surface area (Å²) in [4.78, 5) is 83.4. The van der Waals surface area contributed by atoms with Gasteiger partial charge in [-0.3, -0.25) is 28.8 Å². The van der Waals surface area contributed by atoms with Crippen molar-refractivity contribution in [1.29, 1.82) is 0 Å². The molecule has 0 bridgehead atoms. The normalized spacial score (nSPS) is 17.8. The highest BCUT2D eigenvalue weighted by Crippen LogP contribution is 2.32. The van der Waals surface area contributed by atoms with Crippen molar-refractivity contribution in [3.63, 3.8) is 0 Å². The first-order chi connectivity index (χ1) is 33.0. The van der Waals surface area contributed by atoms with Crippen molar-refractivity contribution >= 4 is 35.4 Å². The molecule has 4 amide bonds. The predicted molar refractivity (Wildman–Crippen MR) is 262 cm³/mol. The van der Waals surface area contributed by atoms with Crippen LogP contribution in [0.5, 0.6) is 11.5 Å². The van der Waals surface area contributed by atoms with Crippen LogP contribution in [0, 0.1) is 24.2 Å². The largest absolute Gasteiger partial charge is 0.477 e. The van der Waals surface area contributed by atoms with E-state index in [-0.39, 0.29) is 80.7 Å². The third kappa shape index (κ3) is 17.1. The SMILES string of the molecule is C#CCOc1cc(C[N+]2(CC(=O)NC(CCc3ccccc3)C(=O)NC(CC(C)C)C(=O)NC(Cc3ccccc3)C(=O)NC(CC(C)C)C(=O)[C@@]3(C)CO3)CCOCC2)ccc1OC(=O)CCC. The Labute approximate surface area is 407 Å². The molecule has 0 spiro atoms. The highest BCUT2D eigenvalue weighted by atomic mass is 16.6. The Morgan fingerprint density at radius 2 is 1.32 bits per heavy atom. The van der Waals surface area contributed by atoms with E-state index in [0.717, 1.165) is 16.7 Å². The number of esters is 1. The van der Waals surface area contributed by atoms with Gasteiger partial charge in [-0.2, -0.15) is 0 Å². The van der Waals surface area contributed by atoms with Gasteiger partial charge in [0.15, 0.2) is 23.8 Å². The van der Waals surface area contributed by atoms with Crippen LogP contribution >= 0.6 is 0 Å². The molecule has 2 heterocycles. The van der Waals surface area contributed by atoms with Crippen molar-refractivity contribution in [2.75, 3.05) is 46.1 Å². The Hall–Kier alpha value is -6.08. The minimum Gasteiger partial charge on any atom is -0.477 e. The molecule has 15 nitrogen and oxygen atoms in total. The molecule has 4 unspecified atom stereocenters. The van der Waals surface area contributed by atoms with Crippen LogP contribution < -0.4 is 30.7 Å². The molecule has 3 aromatic carbocycles. The van der Waals surface area contributed by atoms with Crippen LogP contribution in [0.1, 0.15) is 90.3 Å². The van der Waals surface area contributed by atoms with Crippen LogP contribution in [0.4, 0.5) is 0 Å². The second-order valence-corrected chi connectivity index (χ2v) is 19.4. The van der Waals surface area contributed by atoms with E-state index in [2.05, 4.69) is 27.2 Å². The van der Waals surface area contributed by atoms with Gasteiger partial charge in [0, 0.05) is 18.4 Å².